The van der Waals surface area contributed by atoms with Crippen molar-refractivity contribution in [3.05, 3.63) is 59.2 Å². The van der Waals surface area contributed by atoms with Crippen LogP contribution >= 0.6 is 0 Å². The van der Waals surface area contributed by atoms with Gasteiger partial charge in [0.2, 0.25) is 0 Å². The molecular weight excluding hydrogens is 295 g/mol. The van der Waals surface area contributed by atoms with Crippen molar-refractivity contribution in [2.45, 2.75) is 37.3 Å². The van der Waals surface area contributed by atoms with Crippen LogP contribution in [0, 0.1) is 5.82 Å². The third kappa shape index (κ3) is 2.65. The number of nitrogens with one attached hydrogen (secondary N) is 1. The number of nitrogens with zero attached hydrogens (tertiary/aromatic N) is 1. The lowest BCUT2D eigenvalue weighted by molar-refractivity contribution is 0.0714. The highest BCUT2D eigenvalue weighted by Gasteiger charge is 2.38. The van der Waals surface area contributed by atoms with Crippen LogP contribution in [-0.4, -0.2) is 33.5 Å². The van der Waals surface area contributed by atoms with Gasteiger partial charge < -0.3 is 15.0 Å². The smallest absolute Gasteiger partial charge is 0.256 e. The van der Waals surface area contributed by atoms with Gasteiger partial charge in [0, 0.05) is 18.4 Å². The molecule has 1 saturated carbocycles. The Morgan fingerprint density at radius 3 is 2.87 bits per heavy atom. The van der Waals surface area contributed by atoms with Crippen molar-refractivity contribution in [2.75, 3.05) is 6.54 Å². The molecule has 2 aliphatic rings. The first-order valence-corrected chi connectivity index (χ1v) is 8.05. The lowest BCUT2D eigenvalue weighted by Gasteiger charge is -2.25. The first-order valence-electron chi connectivity index (χ1n) is 8.05. The number of aliphatic hydroxyl groups is 1. The number of β-amino-alcohol motifs (C(OH)–C–C–N with tert-alkyl or cyclic N) is 1. The standard InChI is InChI=1S/C18H19FN2O2/c19-13-3-1-2-12(8-13)16-9-14(22)10-21(16)18(23)15-6-7-20-17(15)11-4-5-11/h1-3,6-8,11,14,16,20,22H,4-5,9-10H2/t14-,16-/m0/s1. The zero-order chi connectivity index (χ0) is 16.0. The van der Waals surface area contributed by atoms with Gasteiger partial charge in [-0.15, -0.1) is 0 Å². The Kier molecular flexibility index (Phi) is 3.45. The number of hydrogen-bond donors (Lipinski definition) is 2. The van der Waals surface area contributed by atoms with E-state index in [9.17, 15) is 14.3 Å². The molecule has 0 spiro atoms. The van der Waals surface area contributed by atoms with Crippen LogP contribution in [-0.2, 0) is 0 Å². The molecule has 1 aliphatic heterocycles. The Morgan fingerprint density at radius 2 is 2.13 bits per heavy atom. The zero-order valence-electron chi connectivity index (χ0n) is 12.7. The molecule has 0 bridgehead atoms. The summed E-state index contributed by atoms with van der Waals surface area (Å²) in [5.74, 6) is 0.0414. The molecule has 1 saturated heterocycles. The number of rotatable bonds is 3. The number of carbonyl (C=O) groups excluding carboxylic acids is 1. The van der Waals surface area contributed by atoms with Crippen LogP contribution < -0.4 is 0 Å². The Labute approximate surface area is 133 Å². The van der Waals surface area contributed by atoms with E-state index >= 15 is 0 Å². The second-order valence-corrected chi connectivity index (χ2v) is 6.50. The van der Waals surface area contributed by atoms with E-state index < -0.39 is 6.10 Å². The summed E-state index contributed by atoms with van der Waals surface area (Å²) in [6.07, 6.45) is 3.88. The molecule has 4 nitrogen and oxygen atoms in total. The van der Waals surface area contributed by atoms with Crippen molar-refractivity contribution in [1.29, 1.82) is 0 Å². The Bertz CT molecular complexity index is 738. The molecule has 0 radical (unpaired) electrons. The summed E-state index contributed by atoms with van der Waals surface area (Å²) in [7, 11) is 0. The molecule has 1 aromatic heterocycles. The van der Waals surface area contributed by atoms with Crippen LogP contribution in [0.25, 0.3) is 0 Å². The minimum absolute atomic E-state index is 0.0843. The number of amides is 1. The summed E-state index contributed by atoms with van der Waals surface area (Å²) in [6, 6.07) is 7.81. The van der Waals surface area contributed by atoms with Crippen molar-refractivity contribution >= 4 is 5.91 Å². The van der Waals surface area contributed by atoms with Gasteiger partial charge in [0.25, 0.3) is 5.91 Å². The summed E-state index contributed by atoms with van der Waals surface area (Å²) in [4.78, 5) is 17.8. The van der Waals surface area contributed by atoms with Crippen molar-refractivity contribution < 1.29 is 14.3 Å². The van der Waals surface area contributed by atoms with Crippen molar-refractivity contribution in [1.82, 2.24) is 9.88 Å². The second kappa shape index (κ2) is 5.49. The predicted molar refractivity (Wildman–Crippen MR) is 83.6 cm³/mol. The SMILES string of the molecule is O=C(c1cc[nH]c1C1CC1)N1C[C@@H](O)C[C@H]1c1cccc(F)c1. The molecule has 0 unspecified atom stereocenters. The maximum Gasteiger partial charge on any atom is 0.256 e. The molecule has 2 aromatic rings. The lowest BCUT2D eigenvalue weighted by atomic mass is 10.0. The molecule has 2 fully saturated rings. The molecule has 1 aromatic carbocycles. The van der Waals surface area contributed by atoms with Gasteiger partial charge in [-0.05, 0) is 48.9 Å². The average molecular weight is 314 g/mol. The number of hydrogen-bond acceptors (Lipinski definition) is 2. The fourth-order valence-electron chi connectivity index (χ4n) is 3.50. The first kappa shape index (κ1) is 14.5. The minimum atomic E-state index is -0.574. The summed E-state index contributed by atoms with van der Waals surface area (Å²) >= 11 is 0. The van der Waals surface area contributed by atoms with Crippen LogP contribution in [0.5, 0.6) is 0 Å². The molecule has 1 aliphatic carbocycles. The number of aliphatic hydroxyl groups excluding tert-OH is 1. The van der Waals surface area contributed by atoms with Crippen molar-refractivity contribution in [3.8, 4) is 0 Å². The zero-order valence-corrected chi connectivity index (χ0v) is 12.7. The minimum Gasteiger partial charge on any atom is -0.391 e. The first-order chi connectivity index (χ1) is 11.1. The van der Waals surface area contributed by atoms with Gasteiger partial charge >= 0.3 is 0 Å². The number of halogens is 1. The third-order valence-corrected chi connectivity index (χ3v) is 4.77. The van der Waals surface area contributed by atoms with Crippen LogP contribution in [0.1, 0.15) is 52.8 Å². The van der Waals surface area contributed by atoms with Crippen LogP contribution in [0.4, 0.5) is 4.39 Å². The normalized spacial score (nSPS) is 24.2. The fraction of sp³-hybridized carbons (Fsp3) is 0.389. The molecule has 4 rings (SSSR count). The Hall–Kier alpha value is -2.14. The number of carbonyl (C=O) groups is 1. The summed E-state index contributed by atoms with van der Waals surface area (Å²) in [5, 5.41) is 10.0. The molecular formula is C18H19FN2O2. The molecule has 120 valence electrons. The predicted octanol–water partition coefficient (Wildman–Crippen LogP) is 2.98. The lowest BCUT2D eigenvalue weighted by Crippen LogP contribution is -2.32. The molecule has 2 atom stereocenters. The Morgan fingerprint density at radius 1 is 1.30 bits per heavy atom. The maximum absolute atomic E-state index is 13.5. The highest BCUT2D eigenvalue weighted by Crippen LogP contribution is 2.42. The highest BCUT2D eigenvalue weighted by molar-refractivity contribution is 5.96. The van der Waals surface area contributed by atoms with Gasteiger partial charge in [-0.1, -0.05) is 12.1 Å². The van der Waals surface area contributed by atoms with Crippen molar-refractivity contribution in [3.63, 3.8) is 0 Å². The largest absolute Gasteiger partial charge is 0.391 e. The van der Waals surface area contributed by atoms with E-state index in [1.165, 1.54) is 12.1 Å². The third-order valence-electron chi connectivity index (χ3n) is 4.77. The van der Waals surface area contributed by atoms with Crippen LogP contribution in [0.3, 0.4) is 0 Å². The van der Waals surface area contributed by atoms with Gasteiger partial charge in [-0.2, -0.15) is 0 Å². The molecule has 2 heterocycles. The van der Waals surface area contributed by atoms with Crippen molar-refractivity contribution in [2.24, 2.45) is 0 Å². The number of benzene rings is 1. The van der Waals surface area contributed by atoms with E-state index in [4.69, 9.17) is 0 Å². The van der Waals surface area contributed by atoms with Crippen LogP contribution in [0.2, 0.25) is 0 Å². The Balaban J connectivity index is 1.65. The molecule has 2 N–H and O–H groups in total. The van der Waals surface area contributed by atoms with Crippen LogP contribution in [0.15, 0.2) is 36.5 Å². The monoisotopic (exact) mass is 314 g/mol. The number of aromatic amines is 1. The van der Waals surface area contributed by atoms with E-state index in [1.54, 1.807) is 17.2 Å². The summed E-state index contributed by atoms with van der Waals surface area (Å²) in [5.41, 5.74) is 2.41. The van der Waals surface area contributed by atoms with E-state index in [-0.39, 0.29) is 24.3 Å². The average Bonchev–Trinajstić information content (AvgIpc) is 3.12. The topological polar surface area (TPSA) is 56.3 Å². The molecule has 5 heteroatoms. The quantitative estimate of drug-likeness (QED) is 0.915. The number of H-pyrrole nitrogens is 1. The summed E-state index contributed by atoms with van der Waals surface area (Å²) in [6.45, 7) is 0.287. The van der Waals surface area contributed by atoms with E-state index in [0.717, 1.165) is 24.1 Å². The van der Waals surface area contributed by atoms with E-state index in [1.807, 2.05) is 12.1 Å². The molecule has 1 amide bonds. The molecule has 23 heavy (non-hydrogen) atoms. The number of aromatic nitrogens is 1. The summed E-state index contributed by atoms with van der Waals surface area (Å²) < 4.78 is 13.5. The maximum atomic E-state index is 13.5. The van der Waals surface area contributed by atoms with E-state index in [0.29, 0.717) is 17.9 Å². The highest BCUT2D eigenvalue weighted by atomic mass is 19.1. The van der Waals surface area contributed by atoms with Gasteiger partial charge in [-0.25, -0.2) is 4.39 Å². The second-order valence-electron chi connectivity index (χ2n) is 6.50. The van der Waals surface area contributed by atoms with Gasteiger partial charge in [-0.3, -0.25) is 4.79 Å². The van der Waals surface area contributed by atoms with Gasteiger partial charge in [0.15, 0.2) is 0 Å². The van der Waals surface area contributed by atoms with Gasteiger partial charge in [0.05, 0.1) is 17.7 Å². The van der Waals surface area contributed by atoms with Gasteiger partial charge in [0.1, 0.15) is 5.82 Å². The fourth-order valence-corrected chi connectivity index (χ4v) is 3.50. The van der Waals surface area contributed by atoms with E-state index in [2.05, 4.69) is 4.98 Å². The number of likely N-dealkylation sites (tertiary alicyclic amines) is 1.